The molecule has 1 rings (SSSR count). The second-order valence-electron chi connectivity index (χ2n) is 4.37. The van der Waals surface area contributed by atoms with Gasteiger partial charge in [-0.2, -0.15) is 0 Å². The summed E-state index contributed by atoms with van der Waals surface area (Å²) < 4.78 is 11.0. The fourth-order valence-electron chi connectivity index (χ4n) is 1.81. The largest absolute Gasteiger partial charge is 0.467 e. The number of hydrogen-bond donors (Lipinski definition) is 1. The van der Waals surface area contributed by atoms with E-state index in [0.29, 0.717) is 6.61 Å². The molecule has 1 N–H and O–H groups in total. The summed E-state index contributed by atoms with van der Waals surface area (Å²) in [4.78, 5) is 0. The van der Waals surface area contributed by atoms with Crippen LogP contribution in [0.5, 0.6) is 0 Å². The fourth-order valence-corrected chi connectivity index (χ4v) is 1.81. The second kappa shape index (κ2) is 9.25. The van der Waals surface area contributed by atoms with Gasteiger partial charge < -0.3 is 14.5 Å². The predicted molar refractivity (Wildman–Crippen MR) is 69.9 cm³/mol. The second-order valence-corrected chi connectivity index (χ2v) is 4.37. The Bertz CT molecular complexity index is 284. The fraction of sp³-hybridized carbons (Fsp3) is 0.714. The summed E-state index contributed by atoms with van der Waals surface area (Å²) in [7, 11) is 1.94. The van der Waals surface area contributed by atoms with Crippen molar-refractivity contribution in [1.29, 1.82) is 0 Å². The van der Waals surface area contributed by atoms with Crippen LogP contribution in [0.3, 0.4) is 0 Å². The molecule has 0 aliphatic rings. The Kier molecular flexibility index (Phi) is 7.76. The SMILES string of the molecule is CCCCCCCOCc1occc1CNC. The van der Waals surface area contributed by atoms with E-state index in [4.69, 9.17) is 9.15 Å². The van der Waals surface area contributed by atoms with Crippen LogP contribution < -0.4 is 5.32 Å². The molecule has 0 aliphatic carbocycles. The molecule has 98 valence electrons. The average Bonchev–Trinajstić information content (AvgIpc) is 2.76. The summed E-state index contributed by atoms with van der Waals surface area (Å²) in [6, 6.07) is 2.00. The summed E-state index contributed by atoms with van der Waals surface area (Å²) in [5, 5.41) is 3.12. The topological polar surface area (TPSA) is 34.4 Å². The van der Waals surface area contributed by atoms with E-state index in [2.05, 4.69) is 12.2 Å². The van der Waals surface area contributed by atoms with Gasteiger partial charge in [-0.05, 0) is 19.5 Å². The smallest absolute Gasteiger partial charge is 0.133 e. The lowest BCUT2D eigenvalue weighted by Gasteiger charge is -2.04. The van der Waals surface area contributed by atoms with E-state index in [-0.39, 0.29) is 0 Å². The highest BCUT2D eigenvalue weighted by Gasteiger charge is 2.04. The zero-order chi connectivity index (χ0) is 12.3. The number of hydrogen-bond acceptors (Lipinski definition) is 3. The first-order valence-electron chi connectivity index (χ1n) is 6.66. The molecular formula is C14H25NO2. The van der Waals surface area contributed by atoms with Crippen LogP contribution in [0.2, 0.25) is 0 Å². The van der Waals surface area contributed by atoms with Gasteiger partial charge in [0, 0.05) is 18.7 Å². The molecule has 0 unspecified atom stereocenters. The Morgan fingerprint density at radius 3 is 2.82 bits per heavy atom. The highest BCUT2D eigenvalue weighted by Crippen LogP contribution is 2.12. The van der Waals surface area contributed by atoms with Crippen LogP contribution in [0, 0.1) is 0 Å². The highest BCUT2D eigenvalue weighted by molar-refractivity contribution is 5.15. The molecule has 1 aromatic rings. The van der Waals surface area contributed by atoms with E-state index in [1.807, 2.05) is 13.1 Å². The van der Waals surface area contributed by atoms with Crippen molar-refractivity contribution in [1.82, 2.24) is 5.32 Å². The maximum absolute atomic E-state index is 5.62. The Morgan fingerprint density at radius 2 is 2.06 bits per heavy atom. The van der Waals surface area contributed by atoms with Gasteiger partial charge in [0.25, 0.3) is 0 Å². The van der Waals surface area contributed by atoms with Crippen molar-refractivity contribution in [2.24, 2.45) is 0 Å². The lowest BCUT2D eigenvalue weighted by molar-refractivity contribution is 0.102. The first kappa shape index (κ1) is 14.3. The van der Waals surface area contributed by atoms with Crippen LogP contribution >= 0.6 is 0 Å². The summed E-state index contributed by atoms with van der Waals surface area (Å²) in [5.74, 6) is 0.952. The Morgan fingerprint density at radius 1 is 1.24 bits per heavy atom. The van der Waals surface area contributed by atoms with Gasteiger partial charge in [0.15, 0.2) is 0 Å². The molecule has 0 saturated heterocycles. The monoisotopic (exact) mass is 239 g/mol. The standard InChI is InChI=1S/C14H25NO2/c1-3-4-5-6-7-9-16-12-14-13(11-15-2)8-10-17-14/h8,10,15H,3-7,9,11-12H2,1-2H3. The Balaban J connectivity index is 2.07. The van der Waals surface area contributed by atoms with Gasteiger partial charge in [-0.25, -0.2) is 0 Å². The van der Waals surface area contributed by atoms with Gasteiger partial charge in [0.05, 0.1) is 6.26 Å². The summed E-state index contributed by atoms with van der Waals surface area (Å²) in [5.41, 5.74) is 1.19. The van der Waals surface area contributed by atoms with Crippen LogP contribution in [0.1, 0.15) is 50.4 Å². The van der Waals surface area contributed by atoms with Crippen molar-refractivity contribution in [2.75, 3.05) is 13.7 Å². The maximum Gasteiger partial charge on any atom is 0.133 e. The minimum absolute atomic E-state index is 0.595. The van der Waals surface area contributed by atoms with Crippen molar-refractivity contribution < 1.29 is 9.15 Å². The minimum Gasteiger partial charge on any atom is -0.467 e. The summed E-state index contributed by atoms with van der Waals surface area (Å²) in [6.07, 6.45) is 8.11. The molecule has 1 heterocycles. The molecule has 0 aromatic carbocycles. The van der Waals surface area contributed by atoms with Gasteiger partial charge in [0.2, 0.25) is 0 Å². The van der Waals surface area contributed by atoms with Crippen LogP contribution in [0.25, 0.3) is 0 Å². The van der Waals surface area contributed by atoms with Crippen LogP contribution in [0.4, 0.5) is 0 Å². The highest BCUT2D eigenvalue weighted by atomic mass is 16.5. The molecule has 0 bridgehead atoms. The maximum atomic E-state index is 5.62. The van der Waals surface area contributed by atoms with Crippen molar-refractivity contribution in [2.45, 2.75) is 52.2 Å². The van der Waals surface area contributed by atoms with Gasteiger partial charge in [-0.3, -0.25) is 0 Å². The third kappa shape index (κ3) is 5.89. The van der Waals surface area contributed by atoms with Crippen molar-refractivity contribution >= 4 is 0 Å². The third-order valence-corrected chi connectivity index (χ3v) is 2.83. The van der Waals surface area contributed by atoms with Gasteiger partial charge in [0.1, 0.15) is 12.4 Å². The van der Waals surface area contributed by atoms with Crippen molar-refractivity contribution in [3.8, 4) is 0 Å². The molecule has 0 spiro atoms. The van der Waals surface area contributed by atoms with E-state index >= 15 is 0 Å². The van der Waals surface area contributed by atoms with E-state index in [1.54, 1.807) is 6.26 Å². The van der Waals surface area contributed by atoms with E-state index < -0.39 is 0 Å². The first-order chi connectivity index (χ1) is 8.38. The number of nitrogens with one attached hydrogen (secondary N) is 1. The molecule has 1 aromatic heterocycles. The normalized spacial score (nSPS) is 10.9. The summed E-state index contributed by atoms with van der Waals surface area (Å²) >= 11 is 0. The quantitative estimate of drug-likeness (QED) is 0.635. The molecule has 0 atom stereocenters. The molecule has 3 nitrogen and oxygen atoms in total. The van der Waals surface area contributed by atoms with Crippen molar-refractivity contribution in [3.63, 3.8) is 0 Å². The number of unbranched alkanes of at least 4 members (excludes halogenated alkanes) is 4. The predicted octanol–water partition coefficient (Wildman–Crippen LogP) is 3.49. The van der Waals surface area contributed by atoms with Crippen LogP contribution in [-0.4, -0.2) is 13.7 Å². The number of ether oxygens (including phenoxy) is 1. The van der Waals surface area contributed by atoms with Crippen LogP contribution in [-0.2, 0) is 17.9 Å². The van der Waals surface area contributed by atoms with E-state index in [1.165, 1.54) is 31.2 Å². The molecule has 0 radical (unpaired) electrons. The average molecular weight is 239 g/mol. The van der Waals surface area contributed by atoms with Gasteiger partial charge in [-0.15, -0.1) is 0 Å². The number of furan rings is 1. The van der Waals surface area contributed by atoms with E-state index in [0.717, 1.165) is 25.3 Å². The number of rotatable bonds is 10. The lowest BCUT2D eigenvalue weighted by atomic mass is 10.2. The van der Waals surface area contributed by atoms with Crippen molar-refractivity contribution in [3.05, 3.63) is 23.7 Å². The summed E-state index contributed by atoms with van der Waals surface area (Å²) in [6.45, 7) is 4.50. The molecule has 0 saturated carbocycles. The third-order valence-electron chi connectivity index (χ3n) is 2.83. The lowest BCUT2D eigenvalue weighted by Crippen LogP contribution is -2.06. The molecule has 0 aliphatic heterocycles. The molecule has 3 heteroatoms. The zero-order valence-corrected chi connectivity index (χ0v) is 11.1. The zero-order valence-electron chi connectivity index (χ0n) is 11.1. The molecule has 0 amide bonds. The van der Waals surface area contributed by atoms with Gasteiger partial charge in [-0.1, -0.05) is 32.6 Å². The first-order valence-corrected chi connectivity index (χ1v) is 6.66. The minimum atomic E-state index is 0.595. The molecule has 17 heavy (non-hydrogen) atoms. The van der Waals surface area contributed by atoms with Crippen LogP contribution in [0.15, 0.2) is 16.7 Å². The molecular weight excluding hydrogens is 214 g/mol. The van der Waals surface area contributed by atoms with Gasteiger partial charge >= 0.3 is 0 Å². The van der Waals surface area contributed by atoms with E-state index in [9.17, 15) is 0 Å². The molecule has 0 fully saturated rings. The Hall–Kier alpha value is -0.800. The Labute approximate surface area is 105 Å².